The van der Waals surface area contributed by atoms with Gasteiger partial charge in [0.1, 0.15) is 0 Å². The predicted octanol–water partition coefficient (Wildman–Crippen LogP) is 4.86. The van der Waals surface area contributed by atoms with Gasteiger partial charge in [0.05, 0.1) is 5.71 Å². The molecule has 0 bridgehead atoms. The van der Waals surface area contributed by atoms with Crippen molar-refractivity contribution < 1.29 is 0 Å². The van der Waals surface area contributed by atoms with E-state index < -0.39 is 0 Å². The number of aryl methyl sites for hydroxylation is 1. The summed E-state index contributed by atoms with van der Waals surface area (Å²) in [5, 5.41) is 0. The maximum Gasteiger partial charge on any atom is 0.0669 e. The standard InChI is InChI=1S/C20H23N/c1-4-17-10-8-9-11-18(17)15-14-16(2)20(21-3)19-12-6-5-7-13-19/h5-14H,4,15H2,1-3H3/b16-14-,21-20?. The van der Waals surface area contributed by atoms with Crippen LogP contribution in [0.3, 0.4) is 0 Å². The van der Waals surface area contributed by atoms with Crippen molar-refractivity contribution in [2.24, 2.45) is 4.99 Å². The van der Waals surface area contributed by atoms with Crippen molar-refractivity contribution in [2.75, 3.05) is 7.05 Å². The van der Waals surface area contributed by atoms with Gasteiger partial charge >= 0.3 is 0 Å². The van der Waals surface area contributed by atoms with E-state index in [1.165, 1.54) is 22.3 Å². The summed E-state index contributed by atoms with van der Waals surface area (Å²) in [6.07, 6.45) is 4.32. The van der Waals surface area contributed by atoms with E-state index in [9.17, 15) is 0 Å². The van der Waals surface area contributed by atoms with Gasteiger partial charge in [-0.25, -0.2) is 0 Å². The lowest BCUT2D eigenvalue weighted by molar-refractivity contribution is 1.07. The van der Waals surface area contributed by atoms with Crippen LogP contribution in [0.5, 0.6) is 0 Å². The van der Waals surface area contributed by atoms with Gasteiger partial charge in [0, 0.05) is 7.05 Å². The maximum absolute atomic E-state index is 4.46. The minimum Gasteiger partial charge on any atom is -0.288 e. The molecule has 0 N–H and O–H groups in total. The van der Waals surface area contributed by atoms with Crippen molar-refractivity contribution in [1.82, 2.24) is 0 Å². The van der Waals surface area contributed by atoms with Crippen molar-refractivity contribution in [3.05, 3.63) is 82.9 Å². The lowest BCUT2D eigenvalue weighted by Gasteiger charge is -2.08. The van der Waals surface area contributed by atoms with Crippen LogP contribution in [-0.2, 0) is 12.8 Å². The normalized spacial score (nSPS) is 12.5. The first-order chi connectivity index (χ1) is 10.3. The van der Waals surface area contributed by atoms with Gasteiger partial charge in [0.25, 0.3) is 0 Å². The van der Waals surface area contributed by atoms with E-state index in [1.54, 1.807) is 0 Å². The van der Waals surface area contributed by atoms with Gasteiger partial charge in [0.15, 0.2) is 0 Å². The Bertz CT molecular complexity index is 636. The summed E-state index contributed by atoms with van der Waals surface area (Å²) in [6.45, 7) is 4.35. The summed E-state index contributed by atoms with van der Waals surface area (Å²) in [5.41, 5.74) is 6.32. The number of nitrogens with zero attached hydrogens (tertiary/aromatic N) is 1. The van der Waals surface area contributed by atoms with Gasteiger partial charge in [-0.3, -0.25) is 4.99 Å². The molecule has 0 aromatic heterocycles. The van der Waals surface area contributed by atoms with Crippen LogP contribution in [0, 0.1) is 0 Å². The maximum atomic E-state index is 4.46. The topological polar surface area (TPSA) is 12.4 Å². The molecule has 0 radical (unpaired) electrons. The van der Waals surface area contributed by atoms with E-state index in [0.29, 0.717) is 0 Å². The molecule has 0 saturated heterocycles. The minimum absolute atomic E-state index is 0.960. The quantitative estimate of drug-likeness (QED) is 0.692. The molecule has 2 aromatic carbocycles. The Kier molecular flexibility index (Phi) is 5.51. The Hall–Kier alpha value is -2.15. The van der Waals surface area contributed by atoms with Crippen molar-refractivity contribution in [3.8, 4) is 0 Å². The molecule has 0 unspecified atom stereocenters. The van der Waals surface area contributed by atoms with Crippen molar-refractivity contribution in [3.63, 3.8) is 0 Å². The second-order valence-corrected chi connectivity index (χ2v) is 5.15. The molecule has 0 aliphatic carbocycles. The highest BCUT2D eigenvalue weighted by Crippen LogP contribution is 2.14. The third kappa shape index (κ3) is 3.91. The average Bonchev–Trinajstić information content (AvgIpc) is 2.55. The third-order valence-electron chi connectivity index (χ3n) is 3.77. The van der Waals surface area contributed by atoms with Gasteiger partial charge in [0.2, 0.25) is 0 Å². The fourth-order valence-corrected chi connectivity index (χ4v) is 2.59. The molecule has 1 heteroatoms. The molecule has 1 nitrogen and oxygen atoms in total. The summed E-state index contributed by atoms with van der Waals surface area (Å²) in [7, 11) is 1.86. The number of benzene rings is 2. The third-order valence-corrected chi connectivity index (χ3v) is 3.77. The SMILES string of the molecule is CCc1ccccc1C/C=C(/C)C(=NC)c1ccccc1. The Morgan fingerprint density at radius 1 is 0.952 bits per heavy atom. The zero-order chi connectivity index (χ0) is 15.1. The molecule has 2 aromatic rings. The van der Waals surface area contributed by atoms with Gasteiger partial charge in [-0.1, -0.05) is 67.6 Å². The van der Waals surface area contributed by atoms with E-state index in [4.69, 9.17) is 0 Å². The molecule has 0 amide bonds. The molecule has 0 fully saturated rings. The van der Waals surface area contributed by atoms with E-state index in [2.05, 4.69) is 73.4 Å². The number of aliphatic imine (C=N–C) groups is 1. The van der Waals surface area contributed by atoms with E-state index in [-0.39, 0.29) is 0 Å². The molecule has 0 aliphatic rings. The van der Waals surface area contributed by atoms with Crippen LogP contribution in [0.2, 0.25) is 0 Å². The van der Waals surface area contributed by atoms with Crippen molar-refractivity contribution in [1.29, 1.82) is 0 Å². The lowest BCUT2D eigenvalue weighted by atomic mass is 9.98. The van der Waals surface area contributed by atoms with Gasteiger partial charge in [-0.2, -0.15) is 0 Å². The van der Waals surface area contributed by atoms with Crippen LogP contribution in [0.4, 0.5) is 0 Å². The van der Waals surface area contributed by atoms with Crippen LogP contribution >= 0.6 is 0 Å². The molecule has 2 rings (SSSR count). The number of hydrogen-bond acceptors (Lipinski definition) is 1. The Morgan fingerprint density at radius 3 is 2.19 bits per heavy atom. The molecule has 0 heterocycles. The molecule has 0 saturated carbocycles. The first kappa shape index (κ1) is 15.2. The molecule has 0 spiro atoms. The van der Waals surface area contributed by atoms with Crippen LogP contribution in [0.15, 0.2) is 71.2 Å². The molecule has 21 heavy (non-hydrogen) atoms. The zero-order valence-corrected chi connectivity index (χ0v) is 13.1. The summed E-state index contributed by atoms with van der Waals surface area (Å²) in [5.74, 6) is 0. The summed E-state index contributed by atoms with van der Waals surface area (Å²) in [6, 6.07) is 19.0. The molecular weight excluding hydrogens is 254 g/mol. The molecular formula is C20H23N. The molecule has 0 atom stereocenters. The molecule has 108 valence electrons. The van der Waals surface area contributed by atoms with Crippen LogP contribution in [0.1, 0.15) is 30.5 Å². The minimum atomic E-state index is 0.960. The first-order valence-electron chi connectivity index (χ1n) is 7.52. The monoisotopic (exact) mass is 277 g/mol. The van der Waals surface area contributed by atoms with Crippen LogP contribution < -0.4 is 0 Å². The highest BCUT2D eigenvalue weighted by molar-refractivity contribution is 6.12. The number of hydrogen-bond donors (Lipinski definition) is 0. The van der Waals surface area contributed by atoms with E-state index in [1.807, 2.05) is 13.1 Å². The van der Waals surface area contributed by atoms with Crippen LogP contribution in [0.25, 0.3) is 0 Å². The van der Waals surface area contributed by atoms with Crippen molar-refractivity contribution in [2.45, 2.75) is 26.7 Å². The smallest absolute Gasteiger partial charge is 0.0669 e. The summed E-state index contributed by atoms with van der Waals surface area (Å²) in [4.78, 5) is 4.46. The number of allylic oxidation sites excluding steroid dienone is 2. The summed E-state index contributed by atoms with van der Waals surface area (Å²) >= 11 is 0. The van der Waals surface area contributed by atoms with Gasteiger partial charge in [-0.05, 0) is 42.0 Å². The predicted molar refractivity (Wildman–Crippen MR) is 92.2 cm³/mol. The number of rotatable bonds is 5. The van der Waals surface area contributed by atoms with Crippen LogP contribution in [-0.4, -0.2) is 12.8 Å². The molecule has 0 aliphatic heterocycles. The van der Waals surface area contributed by atoms with Gasteiger partial charge < -0.3 is 0 Å². The fraction of sp³-hybridized carbons (Fsp3) is 0.250. The largest absolute Gasteiger partial charge is 0.288 e. The Morgan fingerprint density at radius 2 is 1.57 bits per heavy atom. The van der Waals surface area contributed by atoms with E-state index >= 15 is 0 Å². The second kappa shape index (κ2) is 7.58. The Balaban J connectivity index is 2.21. The zero-order valence-electron chi connectivity index (χ0n) is 13.1. The average molecular weight is 277 g/mol. The highest BCUT2D eigenvalue weighted by atomic mass is 14.7. The van der Waals surface area contributed by atoms with E-state index in [0.717, 1.165) is 18.6 Å². The van der Waals surface area contributed by atoms with Gasteiger partial charge in [-0.15, -0.1) is 0 Å². The fourth-order valence-electron chi connectivity index (χ4n) is 2.59. The second-order valence-electron chi connectivity index (χ2n) is 5.15. The Labute approximate surface area is 128 Å². The first-order valence-corrected chi connectivity index (χ1v) is 7.52. The lowest BCUT2D eigenvalue weighted by Crippen LogP contribution is -2.03. The van der Waals surface area contributed by atoms with Crippen molar-refractivity contribution >= 4 is 5.71 Å². The highest BCUT2D eigenvalue weighted by Gasteiger charge is 2.05. The summed E-state index contributed by atoms with van der Waals surface area (Å²) < 4.78 is 0.